The molecule has 0 aliphatic rings. The van der Waals surface area contributed by atoms with E-state index in [-0.39, 0.29) is 6.61 Å². The lowest BCUT2D eigenvalue weighted by Crippen LogP contribution is -2.05. The van der Waals surface area contributed by atoms with Gasteiger partial charge in [0.15, 0.2) is 0 Å². The molecule has 2 N–H and O–H groups in total. The predicted octanol–water partition coefficient (Wildman–Crippen LogP) is 1.91. The Hall–Kier alpha value is -1.58. The summed E-state index contributed by atoms with van der Waals surface area (Å²) in [5.41, 5.74) is 6.47. The van der Waals surface area contributed by atoms with Crippen LogP contribution < -0.4 is 10.5 Å². The van der Waals surface area contributed by atoms with Crippen molar-refractivity contribution in [2.24, 2.45) is 10.7 Å². The van der Waals surface area contributed by atoms with Crippen LogP contribution in [0.2, 0.25) is 0 Å². The van der Waals surface area contributed by atoms with Crippen LogP contribution in [-0.4, -0.2) is 19.1 Å². The molecule has 1 rings (SSSR count). The van der Waals surface area contributed by atoms with Crippen molar-refractivity contribution in [3.8, 4) is 5.75 Å². The topological polar surface area (TPSA) is 47.6 Å². The Morgan fingerprint density at radius 3 is 2.60 bits per heavy atom. The number of hydrogen-bond donors (Lipinski definition) is 1. The van der Waals surface area contributed by atoms with Crippen LogP contribution in [0.1, 0.15) is 12.5 Å². The van der Waals surface area contributed by atoms with Gasteiger partial charge in [0.1, 0.15) is 19.0 Å². The van der Waals surface area contributed by atoms with E-state index in [4.69, 9.17) is 10.5 Å². The zero-order valence-corrected chi connectivity index (χ0v) is 8.74. The van der Waals surface area contributed by atoms with Gasteiger partial charge < -0.3 is 10.5 Å². The second-order valence-electron chi connectivity index (χ2n) is 3.14. The Kier molecular flexibility index (Phi) is 4.60. The summed E-state index contributed by atoms with van der Waals surface area (Å²) in [4.78, 5) is 4.08. The van der Waals surface area contributed by atoms with Crippen molar-refractivity contribution in [2.45, 2.75) is 13.5 Å². The van der Waals surface area contributed by atoms with Gasteiger partial charge in [0.05, 0.1) is 12.4 Å². The van der Waals surface area contributed by atoms with Crippen molar-refractivity contribution in [1.82, 2.24) is 0 Å². The number of ether oxygens (including phenoxy) is 1. The lowest BCUT2D eigenvalue weighted by atomic mass is 10.2. The van der Waals surface area contributed by atoms with Gasteiger partial charge in [-0.2, -0.15) is 0 Å². The highest BCUT2D eigenvalue weighted by Gasteiger charge is 1.94. The van der Waals surface area contributed by atoms with E-state index in [9.17, 15) is 4.39 Å². The zero-order chi connectivity index (χ0) is 11.1. The number of benzene rings is 1. The monoisotopic (exact) mass is 209 g/mol. The summed E-state index contributed by atoms with van der Waals surface area (Å²) in [6, 6.07) is 7.37. The van der Waals surface area contributed by atoms with E-state index < -0.39 is 6.67 Å². The zero-order valence-electron chi connectivity index (χ0n) is 8.74. The largest absolute Gasteiger partial charge is 0.491 e. The van der Waals surface area contributed by atoms with Crippen LogP contribution in [0.4, 0.5) is 4.39 Å². The van der Waals surface area contributed by atoms with Crippen LogP contribution in [0.5, 0.6) is 5.75 Å². The first-order chi connectivity index (χ1) is 7.22. The minimum Gasteiger partial charge on any atom is -0.491 e. The summed E-state index contributed by atoms with van der Waals surface area (Å²) < 4.78 is 16.9. The molecule has 0 aromatic heterocycles. The summed E-state index contributed by atoms with van der Waals surface area (Å²) in [6.07, 6.45) is 0. The van der Waals surface area contributed by atoms with Crippen LogP contribution in [0.3, 0.4) is 0 Å². The molecule has 0 unspecified atom stereocenters. The van der Waals surface area contributed by atoms with Gasteiger partial charge in [0.25, 0.3) is 0 Å². The average molecular weight is 209 g/mol. The van der Waals surface area contributed by atoms with Crippen molar-refractivity contribution in [3.63, 3.8) is 0 Å². The SMILES string of the molecule is CC(N)=NCc1ccc(OCC[18F])cc1. The molecular weight excluding hydrogens is 194 g/mol. The van der Waals surface area contributed by atoms with E-state index in [2.05, 4.69) is 4.99 Å². The number of hydrogen-bond acceptors (Lipinski definition) is 2. The number of nitrogens with two attached hydrogens (primary N) is 1. The molecule has 0 heterocycles. The van der Waals surface area contributed by atoms with E-state index >= 15 is 0 Å². The molecule has 82 valence electrons. The van der Waals surface area contributed by atoms with Gasteiger partial charge in [-0.25, -0.2) is 4.39 Å². The highest BCUT2D eigenvalue weighted by molar-refractivity contribution is 5.77. The van der Waals surface area contributed by atoms with Crippen molar-refractivity contribution < 1.29 is 9.13 Å². The molecule has 4 heteroatoms. The summed E-state index contributed by atoms with van der Waals surface area (Å²) in [6.45, 7) is 1.93. The fourth-order valence-electron chi connectivity index (χ4n) is 1.06. The number of amidine groups is 1. The molecule has 15 heavy (non-hydrogen) atoms. The molecule has 0 saturated carbocycles. The number of alkyl halides is 1. The third-order valence-corrected chi connectivity index (χ3v) is 1.78. The number of rotatable bonds is 5. The first-order valence-electron chi connectivity index (χ1n) is 4.76. The first-order valence-corrected chi connectivity index (χ1v) is 4.76. The molecule has 1 aromatic carbocycles. The maximum absolute atomic E-state index is 11.8. The van der Waals surface area contributed by atoms with Crippen molar-refractivity contribution in [3.05, 3.63) is 29.8 Å². The van der Waals surface area contributed by atoms with Crippen molar-refractivity contribution >= 4 is 5.84 Å². The van der Waals surface area contributed by atoms with Crippen LogP contribution in [-0.2, 0) is 6.54 Å². The van der Waals surface area contributed by atoms with Crippen LogP contribution in [0.15, 0.2) is 29.3 Å². The second-order valence-corrected chi connectivity index (χ2v) is 3.14. The van der Waals surface area contributed by atoms with Gasteiger partial charge in [0, 0.05) is 0 Å². The fourth-order valence-corrected chi connectivity index (χ4v) is 1.06. The van der Waals surface area contributed by atoms with E-state index in [1.807, 2.05) is 12.1 Å². The standard InChI is InChI=1S/C11H15FN2O/c1-9(13)14-8-10-2-4-11(5-3-10)15-7-6-12/h2-5H,6-8H2,1H3,(H2,13,14)/i12-1. The Morgan fingerprint density at radius 1 is 1.40 bits per heavy atom. The normalized spacial score (nSPS) is 11.5. The van der Waals surface area contributed by atoms with Crippen molar-refractivity contribution in [2.75, 3.05) is 13.3 Å². The highest BCUT2D eigenvalue weighted by Crippen LogP contribution is 2.12. The predicted molar refractivity (Wildman–Crippen MR) is 58.9 cm³/mol. The van der Waals surface area contributed by atoms with Gasteiger partial charge in [-0.1, -0.05) is 12.1 Å². The Labute approximate surface area is 88.8 Å². The summed E-state index contributed by atoms with van der Waals surface area (Å²) >= 11 is 0. The number of nitrogens with zero attached hydrogens (tertiary/aromatic N) is 1. The van der Waals surface area contributed by atoms with Gasteiger partial charge in [-0.15, -0.1) is 0 Å². The summed E-state index contributed by atoms with van der Waals surface area (Å²) in [5, 5.41) is 0. The number of halogens is 1. The molecule has 0 aliphatic carbocycles. The molecule has 0 saturated heterocycles. The van der Waals surface area contributed by atoms with E-state index in [1.54, 1.807) is 19.1 Å². The summed E-state index contributed by atoms with van der Waals surface area (Å²) in [7, 11) is 0. The summed E-state index contributed by atoms with van der Waals surface area (Å²) in [5.74, 6) is 1.23. The molecule has 0 aliphatic heterocycles. The third-order valence-electron chi connectivity index (χ3n) is 1.78. The van der Waals surface area contributed by atoms with E-state index in [0.717, 1.165) is 5.56 Å². The molecule has 3 nitrogen and oxygen atoms in total. The van der Waals surface area contributed by atoms with Gasteiger partial charge in [0.2, 0.25) is 0 Å². The molecule has 1 aromatic rings. The van der Waals surface area contributed by atoms with E-state index in [0.29, 0.717) is 18.1 Å². The molecule has 0 radical (unpaired) electrons. The molecule has 0 fully saturated rings. The second kappa shape index (κ2) is 6.01. The fraction of sp³-hybridized carbons (Fsp3) is 0.364. The molecule has 0 atom stereocenters. The smallest absolute Gasteiger partial charge is 0.123 e. The van der Waals surface area contributed by atoms with Crippen molar-refractivity contribution in [1.29, 1.82) is 0 Å². The lowest BCUT2D eigenvalue weighted by molar-refractivity contribution is 0.273. The van der Waals surface area contributed by atoms with Crippen LogP contribution in [0, 0.1) is 0 Å². The molecule has 0 amide bonds. The molecule has 0 bridgehead atoms. The molecule has 0 spiro atoms. The van der Waals surface area contributed by atoms with Gasteiger partial charge in [-0.05, 0) is 24.6 Å². The minimum atomic E-state index is -0.474. The maximum atomic E-state index is 11.8. The Morgan fingerprint density at radius 2 is 2.07 bits per heavy atom. The molecular formula is C11H15FN2O. The Balaban J connectivity index is 2.52. The van der Waals surface area contributed by atoms with Gasteiger partial charge >= 0.3 is 0 Å². The average Bonchev–Trinajstić information content (AvgIpc) is 2.25. The van der Waals surface area contributed by atoms with Crippen LogP contribution in [0.25, 0.3) is 0 Å². The first kappa shape index (κ1) is 11.5. The minimum absolute atomic E-state index is 0.0966. The van der Waals surface area contributed by atoms with Gasteiger partial charge in [-0.3, -0.25) is 4.99 Å². The van der Waals surface area contributed by atoms with E-state index in [1.165, 1.54) is 0 Å². The number of aliphatic imine (C=N–C) groups is 1. The Bertz CT molecular complexity index is 318. The third kappa shape index (κ3) is 4.44. The van der Waals surface area contributed by atoms with Crippen LogP contribution >= 0.6 is 0 Å². The lowest BCUT2D eigenvalue weighted by Gasteiger charge is -2.04. The highest BCUT2D eigenvalue weighted by atomic mass is 18.2. The maximum Gasteiger partial charge on any atom is 0.123 e. The quantitative estimate of drug-likeness (QED) is 0.595.